The Morgan fingerprint density at radius 1 is 1.15 bits per heavy atom. The Kier molecular flexibility index (Phi) is 6.60. The van der Waals surface area contributed by atoms with E-state index in [9.17, 15) is 14.4 Å². The molecule has 146 valence electrons. The van der Waals surface area contributed by atoms with Crippen molar-refractivity contribution in [2.45, 2.75) is 52.8 Å². The topological polar surface area (TPSA) is 82.3 Å². The van der Waals surface area contributed by atoms with E-state index in [0.717, 1.165) is 5.56 Å². The van der Waals surface area contributed by atoms with E-state index in [2.05, 4.69) is 5.32 Å². The largest absolute Gasteiger partial charge is 0.444 e. The molecule has 7 nitrogen and oxygen atoms in total. The SMILES string of the molecule is Cc1cn(Cc2ccccc2)c(=O)n(CCCNC(=O)OC(C)(C)C)c1=O. The first-order chi connectivity index (χ1) is 12.7. The van der Waals surface area contributed by atoms with Crippen LogP contribution in [0, 0.1) is 6.92 Å². The smallest absolute Gasteiger partial charge is 0.407 e. The van der Waals surface area contributed by atoms with E-state index >= 15 is 0 Å². The standard InChI is InChI=1S/C20H27N3O4/c1-15-13-22(14-16-9-6-5-7-10-16)19(26)23(17(15)24)12-8-11-21-18(25)27-20(2,3)4/h5-7,9-10,13H,8,11-12,14H2,1-4H3,(H,21,25). The molecule has 1 aromatic heterocycles. The number of carbonyl (C=O) groups excluding carboxylic acids is 1. The number of rotatable bonds is 6. The molecule has 7 heteroatoms. The number of nitrogens with one attached hydrogen (secondary N) is 1. The van der Waals surface area contributed by atoms with E-state index in [0.29, 0.717) is 25.1 Å². The molecule has 0 saturated carbocycles. The molecule has 0 aliphatic carbocycles. The number of nitrogens with zero attached hydrogens (tertiary/aromatic N) is 2. The quantitative estimate of drug-likeness (QED) is 0.788. The van der Waals surface area contributed by atoms with E-state index < -0.39 is 11.7 Å². The molecular formula is C20H27N3O4. The second-order valence-corrected chi connectivity index (χ2v) is 7.45. The third-order valence-electron chi connectivity index (χ3n) is 3.83. The number of hydrogen-bond donors (Lipinski definition) is 1. The Morgan fingerprint density at radius 2 is 1.81 bits per heavy atom. The van der Waals surface area contributed by atoms with Gasteiger partial charge in [-0.05, 0) is 39.7 Å². The predicted molar refractivity (Wildman–Crippen MR) is 104 cm³/mol. The van der Waals surface area contributed by atoms with Gasteiger partial charge in [0.25, 0.3) is 5.56 Å². The van der Waals surface area contributed by atoms with Crippen molar-refractivity contribution >= 4 is 6.09 Å². The summed E-state index contributed by atoms with van der Waals surface area (Å²) in [6.45, 7) is 7.99. The van der Waals surface area contributed by atoms with Crippen molar-refractivity contribution in [2.75, 3.05) is 6.54 Å². The molecule has 0 saturated heterocycles. The normalized spacial score (nSPS) is 11.3. The minimum absolute atomic E-state index is 0.226. The maximum Gasteiger partial charge on any atom is 0.407 e. The highest BCUT2D eigenvalue weighted by Gasteiger charge is 2.15. The van der Waals surface area contributed by atoms with Crippen LogP contribution < -0.4 is 16.6 Å². The van der Waals surface area contributed by atoms with Gasteiger partial charge in [0.1, 0.15) is 5.60 Å². The zero-order valence-electron chi connectivity index (χ0n) is 16.3. The molecule has 0 aliphatic rings. The Balaban J connectivity index is 2.05. The lowest BCUT2D eigenvalue weighted by Crippen LogP contribution is -2.41. The van der Waals surface area contributed by atoms with Crippen LogP contribution >= 0.6 is 0 Å². The van der Waals surface area contributed by atoms with Crippen LogP contribution in [0.25, 0.3) is 0 Å². The number of alkyl carbamates (subject to hydrolysis) is 1. The van der Waals surface area contributed by atoms with Gasteiger partial charge in [-0.1, -0.05) is 30.3 Å². The van der Waals surface area contributed by atoms with Gasteiger partial charge >= 0.3 is 11.8 Å². The van der Waals surface area contributed by atoms with Crippen LogP contribution in [0.4, 0.5) is 4.79 Å². The second kappa shape index (κ2) is 8.70. The van der Waals surface area contributed by atoms with Crippen molar-refractivity contribution in [3.05, 3.63) is 68.5 Å². The van der Waals surface area contributed by atoms with Gasteiger partial charge in [-0.2, -0.15) is 0 Å². The monoisotopic (exact) mass is 373 g/mol. The van der Waals surface area contributed by atoms with E-state index in [1.807, 2.05) is 30.3 Å². The predicted octanol–water partition coefficient (Wildman–Crippen LogP) is 2.28. The summed E-state index contributed by atoms with van der Waals surface area (Å²) in [5, 5.41) is 2.63. The van der Waals surface area contributed by atoms with Gasteiger partial charge in [-0.25, -0.2) is 9.59 Å². The number of hydrogen-bond acceptors (Lipinski definition) is 4. The average molecular weight is 373 g/mol. The average Bonchev–Trinajstić information content (AvgIpc) is 2.58. The Hall–Kier alpha value is -2.83. The number of benzene rings is 1. The van der Waals surface area contributed by atoms with Crippen molar-refractivity contribution in [2.24, 2.45) is 0 Å². The van der Waals surface area contributed by atoms with Crippen LogP contribution in [0.2, 0.25) is 0 Å². The summed E-state index contributed by atoms with van der Waals surface area (Å²) >= 11 is 0. The summed E-state index contributed by atoms with van der Waals surface area (Å²) in [6, 6.07) is 9.59. The summed E-state index contributed by atoms with van der Waals surface area (Å²) in [5.74, 6) is 0. The van der Waals surface area contributed by atoms with Crippen LogP contribution in [0.15, 0.2) is 46.1 Å². The third kappa shape index (κ3) is 6.13. The molecule has 2 aromatic rings. The molecule has 1 N–H and O–H groups in total. The highest BCUT2D eigenvalue weighted by molar-refractivity contribution is 5.67. The fourth-order valence-corrected chi connectivity index (χ4v) is 2.63. The van der Waals surface area contributed by atoms with Crippen molar-refractivity contribution in [1.82, 2.24) is 14.5 Å². The molecule has 1 aromatic carbocycles. The molecule has 2 rings (SSSR count). The third-order valence-corrected chi connectivity index (χ3v) is 3.83. The lowest BCUT2D eigenvalue weighted by molar-refractivity contribution is 0.0526. The molecule has 1 heterocycles. The first-order valence-electron chi connectivity index (χ1n) is 8.99. The Morgan fingerprint density at radius 3 is 2.44 bits per heavy atom. The molecular weight excluding hydrogens is 346 g/mol. The lowest BCUT2D eigenvalue weighted by Gasteiger charge is -2.19. The van der Waals surface area contributed by atoms with E-state index in [1.165, 1.54) is 9.13 Å². The molecule has 0 bridgehead atoms. The van der Waals surface area contributed by atoms with Crippen LogP contribution in [-0.4, -0.2) is 27.4 Å². The van der Waals surface area contributed by atoms with Crippen LogP contribution in [0.5, 0.6) is 0 Å². The Labute approximate surface area is 158 Å². The number of ether oxygens (including phenoxy) is 1. The summed E-state index contributed by atoms with van der Waals surface area (Å²) in [5.41, 5.74) is 0.262. The summed E-state index contributed by atoms with van der Waals surface area (Å²) < 4.78 is 7.91. The van der Waals surface area contributed by atoms with Gasteiger partial charge in [-0.15, -0.1) is 0 Å². The van der Waals surface area contributed by atoms with Crippen LogP contribution in [0.1, 0.15) is 38.3 Å². The maximum atomic E-state index is 12.7. The van der Waals surface area contributed by atoms with Crippen molar-refractivity contribution in [3.63, 3.8) is 0 Å². The van der Waals surface area contributed by atoms with Gasteiger partial charge in [0.15, 0.2) is 0 Å². The van der Waals surface area contributed by atoms with E-state index in [4.69, 9.17) is 4.74 Å². The van der Waals surface area contributed by atoms with Crippen molar-refractivity contribution < 1.29 is 9.53 Å². The molecule has 0 aliphatic heterocycles. The maximum absolute atomic E-state index is 12.7. The minimum atomic E-state index is -0.567. The van der Waals surface area contributed by atoms with Crippen molar-refractivity contribution in [1.29, 1.82) is 0 Å². The summed E-state index contributed by atoms with van der Waals surface area (Å²) in [4.78, 5) is 36.7. The van der Waals surface area contributed by atoms with Gasteiger partial charge in [0, 0.05) is 24.8 Å². The van der Waals surface area contributed by atoms with Gasteiger partial charge in [-0.3, -0.25) is 13.9 Å². The van der Waals surface area contributed by atoms with Gasteiger partial charge < -0.3 is 10.1 Å². The number of carbonyl (C=O) groups is 1. The molecule has 0 fully saturated rings. The zero-order valence-corrected chi connectivity index (χ0v) is 16.3. The molecule has 0 spiro atoms. The summed E-state index contributed by atoms with van der Waals surface area (Å²) in [7, 11) is 0. The first kappa shape index (κ1) is 20.5. The molecule has 1 amide bonds. The first-order valence-corrected chi connectivity index (χ1v) is 8.99. The van der Waals surface area contributed by atoms with Crippen LogP contribution in [0.3, 0.4) is 0 Å². The molecule has 27 heavy (non-hydrogen) atoms. The molecule has 0 unspecified atom stereocenters. The number of aromatic nitrogens is 2. The van der Waals surface area contributed by atoms with Crippen LogP contribution in [-0.2, 0) is 17.8 Å². The number of aryl methyl sites for hydroxylation is 1. The molecule has 0 atom stereocenters. The number of amides is 1. The highest BCUT2D eigenvalue weighted by Crippen LogP contribution is 2.06. The Bertz CT molecular complexity index is 892. The fraction of sp³-hybridized carbons (Fsp3) is 0.450. The highest BCUT2D eigenvalue weighted by atomic mass is 16.6. The van der Waals surface area contributed by atoms with E-state index in [1.54, 1.807) is 33.9 Å². The zero-order chi connectivity index (χ0) is 20.0. The fourth-order valence-electron chi connectivity index (χ4n) is 2.63. The lowest BCUT2D eigenvalue weighted by atomic mass is 10.2. The van der Waals surface area contributed by atoms with Gasteiger partial charge in [0.2, 0.25) is 0 Å². The minimum Gasteiger partial charge on any atom is -0.444 e. The van der Waals surface area contributed by atoms with Gasteiger partial charge in [0.05, 0.1) is 6.54 Å². The molecule has 0 radical (unpaired) electrons. The second-order valence-electron chi connectivity index (χ2n) is 7.45. The van der Waals surface area contributed by atoms with E-state index in [-0.39, 0.29) is 17.8 Å². The summed E-state index contributed by atoms with van der Waals surface area (Å²) in [6.07, 6.45) is 1.52. The van der Waals surface area contributed by atoms with Crippen molar-refractivity contribution in [3.8, 4) is 0 Å².